The van der Waals surface area contributed by atoms with Gasteiger partial charge in [0.25, 0.3) is 5.91 Å². The van der Waals surface area contributed by atoms with Crippen LogP contribution in [0, 0.1) is 0 Å². The van der Waals surface area contributed by atoms with Crippen molar-refractivity contribution in [3.63, 3.8) is 0 Å². The van der Waals surface area contributed by atoms with E-state index in [2.05, 4.69) is 20.9 Å². The lowest BCUT2D eigenvalue weighted by Crippen LogP contribution is -2.39. The minimum atomic E-state index is -0.388. The molecule has 0 aliphatic carbocycles. The monoisotopic (exact) mass is 317 g/mol. The fraction of sp³-hybridized carbons (Fsp3) is 0.769. The molecule has 1 aromatic rings. The molecular weight excluding hydrogens is 294 g/mol. The zero-order valence-electron chi connectivity index (χ0n) is 12.8. The summed E-state index contributed by atoms with van der Waals surface area (Å²) in [7, 11) is 1.62. The number of carbonyl (C=O) groups excluding carboxylic acids is 1. The number of methoxy groups -OCH3 is 1. The van der Waals surface area contributed by atoms with Crippen molar-refractivity contribution in [1.82, 2.24) is 25.6 Å². The average molecular weight is 318 g/mol. The second kappa shape index (κ2) is 7.72. The fourth-order valence-corrected chi connectivity index (χ4v) is 2.09. The number of hydrogen-bond donors (Lipinski definition) is 2. The van der Waals surface area contributed by atoms with Gasteiger partial charge in [-0.15, -0.1) is 17.5 Å². The number of aromatic nitrogens is 3. The van der Waals surface area contributed by atoms with Crippen molar-refractivity contribution in [3.05, 3.63) is 11.9 Å². The van der Waals surface area contributed by atoms with Gasteiger partial charge in [-0.3, -0.25) is 4.79 Å². The molecule has 7 nitrogen and oxygen atoms in total. The molecular formula is C13H24ClN5O2. The normalized spacial score (nSPS) is 16.3. The molecule has 1 saturated heterocycles. The zero-order valence-corrected chi connectivity index (χ0v) is 13.6. The Labute approximate surface area is 131 Å². The molecule has 0 bridgehead atoms. The quantitative estimate of drug-likeness (QED) is 0.839. The lowest BCUT2D eigenvalue weighted by atomic mass is 10.1. The number of halogens is 1. The van der Waals surface area contributed by atoms with Crippen molar-refractivity contribution in [2.75, 3.05) is 26.7 Å². The summed E-state index contributed by atoms with van der Waals surface area (Å²) >= 11 is 0. The minimum absolute atomic E-state index is 0. The average Bonchev–Trinajstić information content (AvgIpc) is 2.96. The third-order valence-corrected chi connectivity index (χ3v) is 3.65. The van der Waals surface area contributed by atoms with Crippen molar-refractivity contribution < 1.29 is 9.53 Å². The molecule has 0 saturated carbocycles. The molecule has 1 aromatic heterocycles. The summed E-state index contributed by atoms with van der Waals surface area (Å²) in [5, 5.41) is 14.1. The molecule has 0 atom stereocenters. The van der Waals surface area contributed by atoms with Crippen LogP contribution in [0.3, 0.4) is 0 Å². The van der Waals surface area contributed by atoms with Gasteiger partial charge in [-0.05, 0) is 39.8 Å². The Morgan fingerprint density at radius 1 is 1.52 bits per heavy atom. The molecule has 2 heterocycles. The number of nitrogens with one attached hydrogen (secondary N) is 2. The van der Waals surface area contributed by atoms with Crippen LogP contribution in [0.1, 0.15) is 43.2 Å². The van der Waals surface area contributed by atoms with Gasteiger partial charge in [-0.25, -0.2) is 4.68 Å². The van der Waals surface area contributed by atoms with Crippen molar-refractivity contribution in [2.45, 2.75) is 38.3 Å². The van der Waals surface area contributed by atoms with Gasteiger partial charge in [-0.1, -0.05) is 5.21 Å². The van der Waals surface area contributed by atoms with Gasteiger partial charge in [0.05, 0.1) is 17.8 Å². The Hall–Kier alpha value is -1.18. The van der Waals surface area contributed by atoms with E-state index in [0.29, 0.717) is 18.3 Å². The smallest absolute Gasteiger partial charge is 0.273 e. The van der Waals surface area contributed by atoms with E-state index < -0.39 is 0 Å². The molecule has 0 unspecified atom stereocenters. The largest absolute Gasteiger partial charge is 0.377 e. The summed E-state index contributed by atoms with van der Waals surface area (Å²) in [6.07, 6.45) is 3.76. The maximum atomic E-state index is 12.0. The van der Waals surface area contributed by atoms with E-state index in [1.807, 2.05) is 13.8 Å². The maximum absolute atomic E-state index is 12.0. The third-order valence-electron chi connectivity index (χ3n) is 3.65. The second-order valence-electron chi connectivity index (χ2n) is 5.71. The molecule has 2 rings (SSSR count). The van der Waals surface area contributed by atoms with Gasteiger partial charge in [0.15, 0.2) is 5.69 Å². The predicted molar refractivity (Wildman–Crippen MR) is 81.8 cm³/mol. The van der Waals surface area contributed by atoms with Crippen LogP contribution in [0.15, 0.2) is 6.20 Å². The number of rotatable bonds is 5. The van der Waals surface area contributed by atoms with Gasteiger partial charge < -0.3 is 15.4 Å². The van der Waals surface area contributed by atoms with Crippen LogP contribution < -0.4 is 10.6 Å². The topological polar surface area (TPSA) is 81.1 Å². The van der Waals surface area contributed by atoms with Crippen LogP contribution in [0.2, 0.25) is 0 Å². The van der Waals surface area contributed by atoms with Crippen molar-refractivity contribution in [3.8, 4) is 0 Å². The summed E-state index contributed by atoms with van der Waals surface area (Å²) in [5.74, 6) is -0.213. The van der Waals surface area contributed by atoms with Gasteiger partial charge in [0.2, 0.25) is 0 Å². The summed E-state index contributed by atoms with van der Waals surface area (Å²) in [6, 6.07) is 0.334. The zero-order chi connectivity index (χ0) is 14.6. The Kier molecular flexibility index (Phi) is 6.57. The molecule has 0 aromatic carbocycles. The van der Waals surface area contributed by atoms with Crippen molar-refractivity contribution >= 4 is 18.3 Å². The fourth-order valence-electron chi connectivity index (χ4n) is 2.09. The standard InChI is InChI=1S/C13H23N5O2.ClH/c1-13(2,20-3)9-15-12(19)11-8-18(17-16-11)10-4-6-14-7-5-10;/h8,10,14H,4-7,9H2,1-3H3,(H,15,19);1H. The van der Waals surface area contributed by atoms with Crippen LogP contribution >= 0.6 is 12.4 Å². The van der Waals surface area contributed by atoms with Crippen molar-refractivity contribution in [2.24, 2.45) is 0 Å². The van der Waals surface area contributed by atoms with Gasteiger partial charge in [0, 0.05) is 13.7 Å². The molecule has 21 heavy (non-hydrogen) atoms. The second-order valence-corrected chi connectivity index (χ2v) is 5.71. The number of carbonyl (C=O) groups is 1. The molecule has 2 N–H and O–H groups in total. The Morgan fingerprint density at radius 2 is 2.19 bits per heavy atom. The highest BCUT2D eigenvalue weighted by molar-refractivity contribution is 5.91. The maximum Gasteiger partial charge on any atom is 0.273 e. The number of piperidine rings is 1. The van der Waals surface area contributed by atoms with Gasteiger partial charge in [-0.2, -0.15) is 0 Å². The molecule has 1 fully saturated rings. The Balaban J connectivity index is 0.00000220. The summed E-state index contributed by atoms with van der Waals surface area (Å²) < 4.78 is 7.06. The van der Waals surface area contributed by atoms with E-state index in [9.17, 15) is 4.79 Å². The molecule has 1 aliphatic rings. The summed E-state index contributed by atoms with van der Waals surface area (Å²) in [4.78, 5) is 12.0. The van der Waals surface area contributed by atoms with Crippen LogP contribution in [-0.4, -0.2) is 53.2 Å². The lowest BCUT2D eigenvalue weighted by molar-refractivity contribution is 0.0228. The Bertz CT molecular complexity index is 457. The van der Waals surface area contributed by atoms with E-state index in [4.69, 9.17) is 4.74 Å². The highest BCUT2D eigenvalue weighted by atomic mass is 35.5. The number of hydrogen-bond acceptors (Lipinski definition) is 5. The van der Waals surface area contributed by atoms with E-state index in [1.54, 1.807) is 18.0 Å². The minimum Gasteiger partial charge on any atom is -0.377 e. The molecule has 8 heteroatoms. The van der Waals surface area contributed by atoms with E-state index >= 15 is 0 Å². The molecule has 0 spiro atoms. The highest BCUT2D eigenvalue weighted by Crippen LogP contribution is 2.17. The van der Waals surface area contributed by atoms with Gasteiger partial charge in [0.1, 0.15) is 0 Å². The van der Waals surface area contributed by atoms with E-state index in [1.165, 1.54) is 0 Å². The first-order valence-corrected chi connectivity index (χ1v) is 6.98. The first-order chi connectivity index (χ1) is 9.52. The van der Waals surface area contributed by atoms with E-state index in [0.717, 1.165) is 25.9 Å². The third kappa shape index (κ3) is 4.94. The number of amides is 1. The number of ether oxygens (including phenoxy) is 1. The lowest BCUT2D eigenvalue weighted by Gasteiger charge is -2.22. The first-order valence-electron chi connectivity index (χ1n) is 6.98. The molecule has 1 aliphatic heterocycles. The van der Waals surface area contributed by atoms with Gasteiger partial charge >= 0.3 is 0 Å². The number of nitrogens with zero attached hydrogens (tertiary/aromatic N) is 3. The van der Waals surface area contributed by atoms with Crippen molar-refractivity contribution in [1.29, 1.82) is 0 Å². The highest BCUT2D eigenvalue weighted by Gasteiger charge is 2.21. The van der Waals surface area contributed by atoms with Crippen LogP contribution in [0.4, 0.5) is 0 Å². The first kappa shape index (κ1) is 17.9. The van der Waals surface area contributed by atoms with Crippen LogP contribution in [-0.2, 0) is 4.74 Å². The summed E-state index contributed by atoms with van der Waals surface area (Å²) in [6.45, 7) is 6.23. The predicted octanol–water partition coefficient (Wildman–Crippen LogP) is 0.779. The molecule has 1 amide bonds. The molecule has 0 radical (unpaired) electrons. The van der Waals surface area contributed by atoms with Crippen LogP contribution in [0.25, 0.3) is 0 Å². The summed E-state index contributed by atoms with van der Waals surface area (Å²) in [5.41, 5.74) is -0.0313. The van der Waals surface area contributed by atoms with Crippen LogP contribution in [0.5, 0.6) is 0 Å². The van der Waals surface area contributed by atoms with E-state index in [-0.39, 0.29) is 23.9 Å². The Morgan fingerprint density at radius 3 is 2.81 bits per heavy atom. The molecule has 120 valence electrons. The SMILES string of the molecule is COC(C)(C)CNC(=O)c1cn(C2CCNCC2)nn1.Cl.